The smallest absolute Gasteiger partial charge is 0.226 e. The fourth-order valence-corrected chi connectivity index (χ4v) is 1.18. The highest BCUT2D eigenvalue weighted by Crippen LogP contribution is 2.12. The Labute approximate surface area is 102 Å². The first kappa shape index (κ1) is 13.0. The van der Waals surface area contributed by atoms with E-state index in [-0.39, 0.29) is 5.38 Å². The molecule has 0 fully saturated rings. The molecular formula is C11H19ClN4. The van der Waals surface area contributed by atoms with Crippen molar-refractivity contribution in [2.75, 3.05) is 30.9 Å². The Morgan fingerprint density at radius 1 is 1.44 bits per heavy atom. The third-order valence-corrected chi connectivity index (χ3v) is 2.90. The summed E-state index contributed by atoms with van der Waals surface area (Å²) in [5.41, 5.74) is 0. The van der Waals surface area contributed by atoms with Gasteiger partial charge in [0.15, 0.2) is 0 Å². The van der Waals surface area contributed by atoms with Crippen molar-refractivity contribution >= 4 is 23.4 Å². The molecule has 90 valence electrons. The number of hydrogen-bond donors (Lipinski definition) is 1. The van der Waals surface area contributed by atoms with E-state index in [4.69, 9.17) is 11.6 Å². The van der Waals surface area contributed by atoms with Gasteiger partial charge < -0.3 is 10.2 Å². The van der Waals surface area contributed by atoms with Crippen molar-refractivity contribution in [3.05, 3.63) is 12.3 Å². The topological polar surface area (TPSA) is 41.1 Å². The molecule has 0 radical (unpaired) electrons. The highest BCUT2D eigenvalue weighted by molar-refractivity contribution is 6.21. The Bertz CT molecular complexity index is 328. The summed E-state index contributed by atoms with van der Waals surface area (Å²) >= 11 is 6.15. The van der Waals surface area contributed by atoms with Gasteiger partial charge in [-0.05, 0) is 12.0 Å². The van der Waals surface area contributed by atoms with Gasteiger partial charge in [0, 0.05) is 26.8 Å². The molecule has 1 aromatic rings. The Kier molecular flexibility index (Phi) is 4.80. The first-order valence-electron chi connectivity index (χ1n) is 5.39. The molecule has 1 heterocycles. The lowest BCUT2D eigenvalue weighted by atomic mass is 10.1. The minimum atomic E-state index is 0.109. The second-order valence-corrected chi connectivity index (χ2v) is 4.84. The van der Waals surface area contributed by atoms with Gasteiger partial charge in [-0.1, -0.05) is 13.8 Å². The second-order valence-electron chi connectivity index (χ2n) is 4.28. The lowest BCUT2D eigenvalue weighted by Gasteiger charge is -2.15. The van der Waals surface area contributed by atoms with E-state index in [1.807, 2.05) is 25.1 Å². The van der Waals surface area contributed by atoms with Gasteiger partial charge in [0.1, 0.15) is 5.82 Å². The van der Waals surface area contributed by atoms with E-state index < -0.39 is 0 Å². The van der Waals surface area contributed by atoms with E-state index in [0.717, 1.165) is 5.82 Å². The van der Waals surface area contributed by atoms with E-state index in [9.17, 15) is 0 Å². The molecule has 1 rings (SSSR count). The van der Waals surface area contributed by atoms with Crippen LogP contribution in [0.5, 0.6) is 0 Å². The number of alkyl halides is 1. The van der Waals surface area contributed by atoms with Gasteiger partial charge in [-0.3, -0.25) is 0 Å². The standard InChI is InChI=1S/C11H19ClN4/c1-8(2)9(12)7-14-10-5-6-13-11(15-10)16(3)4/h5-6,8-9H,7H2,1-4H3,(H,13,14,15). The van der Waals surface area contributed by atoms with Crippen LogP contribution in [-0.2, 0) is 0 Å². The molecule has 1 N–H and O–H groups in total. The Morgan fingerprint density at radius 2 is 2.12 bits per heavy atom. The zero-order chi connectivity index (χ0) is 12.1. The summed E-state index contributed by atoms with van der Waals surface area (Å²) in [6.45, 7) is 4.91. The molecular weight excluding hydrogens is 224 g/mol. The summed E-state index contributed by atoms with van der Waals surface area (Å²) in [5, 5.41) is 3.32. The molecule has 0 aliphatic heterocycles. The number of nitrogens with one attached hydrogen (secondary N) is 1. The summed E-state index contributed by atoms with van der Waals surface area (Å²) < 4.78 is 0. The first-order valence-corrected chi connectivity index (χ1v) is 5.82. The fourth-order valence-electron chi connectivity index (χ4n) is 1.10. The average Bonchev–Trinajstić information content (AvgIpc) is 2.26. The van der Waals surface area contributed by atoms with Gasteiger partial charge in [0.25, 0.3) is 0 Å². The highest BCUT2D eigenvalue weighted by Gasteiger charge is 2.09. The summed E-state index contributed by atoms with van der Waals surface area (Å²) in [7, 11) is 3.83. The zero-order valence-corrected chi connectivity index (χ0v) is 11.0. The SMILES string of the molecule is CC(C)C(Cl)CNc1ccnc(N(C)C)n1. The Morgan fingerprint density at radius 3 is 2.69 bits per heavy atom. The second kappa shape index (κ2) is 5.89. The van der Waals surface area contributed by atoms with Crippen molar-refractivity contribution < 1.29 is 0 Å². The third-order valence-electron chi connectivity index (χ3n) is 2.24. The largest absolute Gasteiger partial charge is 0.368 e. The summed E-state index contributed by atoms with van der Waals surface area (Å²) in [6.07, 6.45) is 1.74. The summed E-state index contributed by atoms with van der Waals surface area (Å²) in [6, 6.07) is 1.84. The van der Waals surface area contributed by atoms with Gasteiger partial charge in [-0.2, -0.15) is 4.98 Å². The van der Waals surface area contributed by atoms with Crippen LogP contribution in [0, 0.1) is 5.92 Å². The van der Waals surface area contributed by atoms with Crippen LogP contribution in [0.4, 0.5) is 11.8 Å². The van der Waals surface area contributed by atoms with Crippen molar-refractivity contribution in [1.82, 2.24) is 9.97 Å². The quantitative estimate of drug-likeness (QED) is 0.804. The molecule has 0 amide bonds. The predicted molar refractivity (Wildman–Crippen MR) is 69.3 cm³/mol. The molecule has 1 aromatic heterocycles. The molecule has 0 aromatic carbocycles. The van der Waals surface area contributed by atoms with Crippen molar-refractivity contribution in [3.8, 4) is 0 Å². The molecule has 4 nitrogen and oxygen atoms in total. The van der Waals surface area contributed by atoms with E-state index in [1.54, 1.807) is 6.20 Å². The van der Waals surface area contributed by atoms with Gasteiger partial charge >= 0.3 is 0 Å². The average molecular weight is 243 g/mol. The molecule has 0 saturated heterocycles. The van der Waals surface area contributed by atoms with E-state index in [2.05, 4.69) is 29.1 Å². The van der Waals surface area contributed by atoms with Gasteiger partial charge in [0.2, 0.25) is 5.95 Å². The zero-order valence-electron chi connectivity index (χ0n) is 10.2. The van der Waals surface area contributed by atoms with E-state index in [1.165, 1.54) is 0 Å². The molecule has 0 aliphatic carbocycles. The predicted octanol–water partition coefficient (Wildman–Crippen LogP) is 2.22. The van der Waals surface area contributed by atoms with Crippen molar-refractivity contribution in [2.24, 2.45) is 5.92 Å². The van der Waals surface area contributed by atoms with Crippen molar-refractivity contribution in [3.63, 3.8) is 0 Å². The van der Waals surface area contributed by atoms with Crippen LogP contribution in [0.3, 0.4) is 0 Å². The number of hydrogen-bond acceptors (Lipinski definition) is 4. The van der Waals surface area contributed by atoms with Crippen LogP contribution in [-0.4, -0.2) is 36.0 Å². The number of rotatable bonds is 5. The maximum Gasteiger partial charge on any atom is 0.226 e. The van der Waals surface area contributed by atoms with Crippen molar-refractivity contribution in [2.45, 2.75) is 19.2 Å². The van der Waals surface area contributed by atoms with E-state index in [0.29, 0.717) is 18.4 Å². The van der Waals surface area contributed by atoms with Gasteiger partial charge in [-0.15, -0.1) is 11.6 Å². The van der Waals surface area contributed by atoms with Gasteiger partial charge in [-0.25, -0.2) is 4.98 Å². The molecule has 5 heteroatoms. The molecule has 0 saturated carbocycles. The molecule has 0 spiro atoms. The van der Waals surface area contributed by atoms with Crippen LogP contribution >= 0.6 is 11.6 Å². The third kappa shape index (κ3) is 3.85. The van der Waals surface area contributed by atoms with Crippen LogP contribution < -0.4 is 10.2 Å². The minimum absolute atomic E-state index is 0.109. The monoisotopic (exact) mass is 242 g/mol. The van der Waals surface area contributed by atoms with Crippen molar-refractivity contribution in [1.29, 1.82) is 0 Å². The van der Waals surface area contributed by atoms with E-state index >= 15 is 0 Å². The number of anilines is 2. The lowest BCUT2D eigenvalue weighted by molar-refractivity contribution is 0.615. The van der Waals surface area contributed by atoms with Crippen LogP contribution in [0.1, 0.15) is 13.8 Å². The van der Waals surface area contributed by atoms with Crippen LogP contribution in [0.15, 0.2) is 12.3 Å². The fraction of sp³-hybridized carbons (Fsp3) is 0.636. The Hall–Kier alpha value is -1.03. The molecule has 1 unspecified atom stereocenters. The molecule has 16 heavy (non-hydrogen) atoms. The molecule has 0 aliphatic rings. The number of nitrogens with zero attached hydrogens (tertiary/aromatic N) is 3. The van der Waals surface area contributed by atoms with Gasteiger partial charge in [0.05, 0.1) is 5.38 Å². The summed E-state index contributed by atoms with van der Waals surface area (Å²) in [5.74, 6) is 1.95. The lowest BCUT2D eigenvalue weighted by Crippen LogP contribution is -2.20. The summed E-state index contributed by atoms with van der Waals surface area (Å²) in [4.78, 5) is 10.4. The molecule has 1 atom stereocenters. The Balaban J connectivity index is 2.57. The first-order chi connectivity index (χ1) is 7.50. The highest BCUT2D eigenvalue weighted by atomic mass is 35.5. The number of halogens is 1. The minimum Gasteiger partial charge on any atom is -0.368 e. The number of aromatic nitrogens is 2. The maximum atomic E-state index is 6.15. The van der Waals surface area contributed by atoms with Crippen LogP contribution in [0.2, 0.25) is 0 Å². The van der Waals surface area contributed by atoms with Crippen LogP contribution in [0.25, 0.3) is 0 Å². The normalized spacial score (nSPS) is 12.6. The molecule has 0 bridgehead atoms. The maximum absolute atomic E-state index is 6.15.